The van der Waals surface area contributed by atoms with Crippen LogP contribution in [0.1, 0.15) is 5.69 Å². The Morgan fingerprint density at radius 1 is 1.15 bits per heavy atom. The molecule has 0 atom stereocenters. The first kappa shape index (κ1) is 20.7. The fourth-order valence-corrected chi connectivity index (χ4v) is 2.38. The Morgan fingerprint density at radius 3 is 2.41 bits per heavy atom. The SMILES string of the molecule is N=C(N=c1ccccn1-c1ccc(C(F)(F)F)nc1)SCC(=O)C(F)(F)F. The van der Waals surface area contributed by atoms with E-state index in [2.05, 4.69) is 9.98 Å². The number of carbonyl (C=O) groups excluding carboxylic acids is 1. The van der Waals surface area contributed by atoms with Crippen molar-refractivity contribution in [3.05, 3.63) is 53.9 Å². The van der Waals surface area contributed by atoms with Crippen LogP contribution in [-0.4, -0.2) is 32.4 Å². The van der Waals surface area contributed by atoms with E-state index >= 15 is 0 Å². The predicted molar refractivity (Wildman–Crippen MR) is 85.4 cm³/mol. The summed E-state index contributed by atoms with van der Waals surface area (Å²) in [6, 6.07) is 6.37. The molecule has 1 N–H and O–H groups in total. The first-order valence-corrected chi connectivity index (χ1v) is 8.04. The Bertz CT molecular complexity index is 902. The molecule has 0 spiro atoms. The second kappa shape index (κ2) is 7.94. The molecule has 0 unspecified atom stereocenters. The van der Waals surface area contributed by atoms with Gasteiger partial charge in [0.15, 0.2) is 5.17 Å². The van der Waals surface area contributed by atoms with Crippen LogP contribution in [0.25, 0.3) is 5.69 Å². The van der Waals surface area contributed by atoms with Gasteiger partial charge in [0.1, 0.15) is 11.2 Å². The molecule has 0 saturated carbocycles. The van der Waals surface area contributed by atoms with Crippen LogP contribution in [0.2, 0.25) is 0 Å². The monoisotopic (exact) mass is 408 g/mol. The van der Waals surface area contributed by atoms with Crippen LogP contribution < -0.4 is 5.49 Å². The van der Waals surface area contributed by atoms with Gasteiger partial charge in [-0.25, -0.2) is 9.98 Å². The number of nitrogens with one attached hydrogen (secondary N) is 1. The predicted octanol–water partition coefficient (Wildman–Crippen LogP) is 3.59. The smallest absolute Gasteiger partial charge is 0.300 e. The van der Waals surface area contributed by atoms with Crippen molar-refractivity contribution in [1.82, 2.24) is 9.55 Å². The highest BCUT2D eigenvalue weighted by Gasteiger charge is 2.37. The van der Waals surface area contributed by atoms with Gasteiger partial charge in [0.05, 0.1) is 17.6 Å². The second-order valence-corrected chi connectivity index (χ2v) is 5.92. The normalized spacial score (nSPS) is 12.9. The highest BCUT2D eigenvalue weighted by Crippen LogP contribution is 2.27. The van der Waals surface area contributed by atoms with Gasteiger partial charge in [0.2, 0.25) is 5.78 Å². The van der Waals surface area contributed by atoms with Crippen molar-refractivity contribution in [3.63, 3.8) is 0 Å². The lowest BCUT2D eigenvalue weighted by Gasteiger charge is -2.09. The number of carbonyl (C=O) groups is 1. The average molecular weight is 408 g/mol. The Balaban J connectivity index is 2.26. The van der Waals surface area contributed by atoms with Crippen molar-refractivity contribution in [2.45, 2.75) is 12.4 Å². The molecule has 0 aliphatic heterocycles. The van der Waals surface area contributed by atoms with Crippen molar-refractivity contribution < 1.29 is 31.1 Å². The van der Waals surface area contributed by atoms with Crippen LogP contribution >= 0.6 is 11.8 Å². The van der Waals surface area contributed by atoms with Crippen LogP contribution in [0, 0.1) is 5.41 Å². The van der Waals surface area contributed by atoms with Gasteiger partial charge in [-0.1, -0.05) is 17.8 Å². The maximum absolute atomic E-state index is 12.6. The van der Waals surface area contributed by atoms with Gasteiger partial charge in [0, 0.05) is 6.20 Å². The zero-order valence-corrected chi connectivity index (χ0v) is 14.0. The molecule has 0 aliphatic carbocycles. The number of halogens is 6. The molecule has 144 valence electrons. The molecule has 0 bridgehead atoms. The van der Waals surface area contributed by atoms with E-state index < -0.39 is 34.8 Å². The number of Topliss-reactive ketones (excluding diaryl/α,β-unsaturated/α-hetero) is 1. The summed E-state index contributed by atoms with van der Waals surface area (Å²) in [4.78, 5) is 18.0. The second-order valence-electron chi connectivity index (χ2n) is 4.95. The molecular formula is C15H10F6N4OS. The summed E-state index contributed by atoms with van der Waals surface area (Å²) in [5.41, 5.74) is -0.822. The summed E-state index contributed by atoms with van der Waals surface area (Å²) in [6.07, 6.45) is -7.21. The van der Waals surface area contributed by atoms with Gasteiger partial charge in [-0.05, 0) is 24.3 Å². The van der Waals surface area contributed by atoms with E-state index in [4.69, 9.17) is 5.41 Å². The van der Waals surface area contributed by atoms with Gasteiger partial charge >= 0.3 is 12.4 Å². The number of aromatic nitrogens is 2. The minimum Gasteiger partial charge on any atom is -0.300 e. The van der Waals surface area contributed by atoms with Gasteiger partial charge in [0.25, 0.3) is 0 Å². The highest BCUT2D eigenvalue weighted by atomic mass is 32.2. The van der Waals surface area contributed by atoms with Crippen LogP contribution in [0.4, 0.5) is 26.3 Å². The van der Waals surface area contributed by atoms with Crippen LogP contribution in [-0.2, 0) is 11.0 Å². The summed E-state index contributed by atoms with van der Waals surface area (Å²) in [7, 11) is 0. The molecule has 0 amide bonds. The number of pyridine rings is 2. The van der Waals surface area contributed by atoms with Crippen molar-refractivity contribution >= 4 is 22.7 Å². The zero-order valence-electron chi connectivity index (χ0n) is 13.2. The Hall–Kier alpha value is -2.63. The van der Waals surface area contributed by atoms with Crippen molar-refractivity contribution in [2.75, 3.05) is 5.75 Å². The minimum absolute atomic E-state index is 0.0658. The molecule has 12 heteroatoms. The molecule has 2 rings (SSSR count). The number of hydrogen-bond acceptors (Lipinski definition) is 4. The van der Waals surface area contributed by atoms with Gasteiger partial charge in [-0.15, -0.1) is 0 Å². The lowest BCUT2D eigenvalue weighted by atomic mass is 10.3. The summed E-state index contributed by atoms with van der Waals surface area (Å²) in [5, 5.41) is 7.04. The molecule has 2 heterocycles. The van der Waals surface area contributed by atoms with E-state index in [0.717, 1.165) is 18.3 Å². The lowest BCUT2D eigenvalue weighted by Crippen LogP contribution is -2.25. The molecule has 2 aromatic rings. The summed E-state index contributed by atoms with van der Waals surface area (Å²) in [5.74, 6) is -3.00. The van der Waals surface area contributed by atoms with E-state index in [0.29, 0.717) is 0 Å². The van der Waals surface area contributed by atoms with E-state index in [-0.39, 0.29) is 22.9 Å². The molecular weight excluding hydrogens is 398 g/mol. The van der Waals surface area contributed by atoms with Crippen LogP contribution in [0.3, 0.4) is 0 Å². The minimum atomic E-state index is -4.99. The van der Waals surface area contributed by atoms with Crippen molar-refractivity contribution in [1.29, 1.82) is 5.41 Å². The number of nitrogens with zero attached hydrogens (tertiary/aromatic N) is 3. The standard InChI is InChI=1S/C15H10F6N4OS/c16-14(17,18)10-5-4-9(7-23-10)25-6-2-1-3-12(25)24-13(22)27-8-11(26)15(19,20)21/h1-7,22H,8H2. The van der Waals surface area contributed by atoms with E-state index in [1.54, 1.807) is 6.07 Å². The molecule has 2 aromatic heterocycles. The molecule has 27 heavy (non-hydrogen) atoms. The number of rotatable bonds is 3. The zero-order chi connectivity index (χ0) is 20.2. The van der Waals surface area contributed by atoms with E-state index in [1.807, 2.05) is 0 Å². The Morgan fingerprint density at radius 2 is 1.85 bits per heavy atom. The summed E-state index contributed by atoms with van der Waals surface area (Å²) in [6.45, 7) is 0. The molecule has 0 radical (unpaired) electrons. The average Bonchev–Trinajstić information content (AvgIpc) is 2.58. The molecule has 0 aliphatic rings. The van der Waals surface area contributed by atoms with Gasteiger partial charge < -0.3 is 4.57 Å². The molecule has 0 aromatic carbocycles. The van der Waals surface area contributed by atoms with Crippen molar-refractivity contribution in [2.24, 2.45) is 4.99 Å². The van der Waals surface area contributed by atoms with Crippen molar-refractivity contribution in [3.8, 4) is 5.69 Å². The first-order chi connectivity index (χ1) is 12.5. The lowest BCUT2D eigenvalue weighted by molar-refractivity contribution is -0.167. The van der Waals surface area contributed by atoms with Gasteiger partial charge in [-0.2, -0.15) is 26.3 Å². The number of alkyl halides is 6. The van der Waals surface area contributed by atoms with Crippen LogP contribution in [0.5, 0.6) is 0 Å². The maximum Gasteiger partial charge on any atom is 0.450 e. The summed E-state index contributed by atoms with van der Waals surface area (Å²) >= 11 is 0.285. The van der Waals surface area contributed by atoms with Crippen LogP contribution in [0.15, 0.2) is 47.7 Å². The number of thioether (sulfide) groups is 1. The third kappa shape index (κ3) is 5.67. The van der Waals surface area contributed by atoms with E-state index in [1.165, 1.54) is 22.9 Å². The molecule has 0 fully saturated rings. The fraction of sp³-hybridized carbons (Fsp3) is 0.200. The first-order valence-electron chi connectivity index (χ1n) is 7.06. The number of amidine groups is 1. The maximum atomic E-state index is 12.6. The third-order valence-electron chi connectivity index (χ3n) is 3.03. The quantitative estimate of drug-likeness (QED) is 0.479. The number of ketones is 1. The molecule has 5 nitrogen and oxygen atoms in total. The largest absolute Gasteiger partial charge is 0.450 e. The summed E-state index contributed by atoms with van der Waals surface area (Å²) < 4.78 is 75.6. The fourth-order valence-electron chi connectivity index (χ4n) is 1.79. The highest BCUT2D eigenvalue weighted by molar-refractivity contribution is 8.14. The van der Waals surface area contributed by atoms with Gasteiger partial charge in [-0.3, -0.25) is 10.2 Å². The Kier molecular flexibility index (Phi) is 6.08. The van der Waals surface area contributed by atoms with E-state index in [9.17, 15) is 31.1 Å². The number of hydrogen-bond donors (Lipinski definition) is 1. The Labute approximate surface area is 152 Å². The molecule has 0 saturated heterocycles. The topological polar surface area (TPSA) is 71.1 Å². The third-order valence-corrected chi connectivity index (χ3v) is 3.80.